The van der Waals surface area contributed by atoms with Crippen molar-refractivity contribution in [3.63, 3.8) is 0 Å². The Bertz CT molecular complexity index is 595. The predicted octanol–water partition coefficient (Wildman–Crippen LogP) is 2.38. The normalized spacial score (nSPS) is 21.3. The summed E-state index contributed by atoms with van der Waals surface area (Å²) in [6.45, 7) is 1.89. The fraction of sp³-hybridized carbons (Fsp3) is 0.462. The van der Waals surface area contributed by atoms with Gasteiger partial charge in [0, 0.05) is 6.42 Å². The second kappa shape index (κ2) is 5.51. The molecule has 1 fully saturated rings. The van der Waals surface area contributed by atoms with E-state index in [9.17, 15) is 13.2 Å². The van der Waals surface area contributed by atoms with Crippen LogP contribution in [0.1, 0.15) is 18.4 Å². The van der Waals surface area contributed by atoms with Gasteiger partial charge in [-0.2, -0.15) is 0 Å². The molecular formula is C13H15ClO4S. The fourth-order valence-electron chi connectivity index (χ4n) is 2.12. The first-order chi connectivity index (χ1) is 8.85. The predicted molar refractivity (Wildman–Crippen MR) is 73.2 cm³/mol. The third-order valence-corrected chi connectivity index (χ3v) is 5.23. The van der Waals surface area contributed by atoms with E-state index in [4.69, 9.17) is 16.3 Å². The second-order valence-electron chi connectivity index (χ2n) is 4.88. The van der Waals surface area contributed by atoms with Gasteiger partial charge < -0.3 is 4.74 Å². The van der Waals surface area contributed by atoms with Crippen molar-refractivity contribution in [2.75, 3.05) is 11.5 Å². The highest BCUT2D eigenvalue weighted by atomic mass is 35.5. The number of hydrogen-bond donors (Lipinski definition) is 0. The van der Waals surface area contributed by atoms with Gasteiger partial charge in [0.05, 0.1) is 16.5 Å². The second-order valence-corrected chi connectivity index (χ2v) is 7.52. The Morgan fingerprint density at radius 3 is 2.79 bits per heavy atom. The minimum Gasteiger partial charge on any atom is -0.425 e. The Balaban J connectivity index is 1.95. The summed E-state index contributed by atoms with van der Waals surface area (Å²) in [5.74, 6) is -0.0207. The Morgan fingerprint density at radius 2 is 2.21 bits per heavy atom. The van der Waals surface area contributed by atoms with E-state index in [1.54, 1.807) is 18.2 Å². The van der Waals surface area contributed by atoms with E-state index in [1.165, 1.54) is 0 Å². The van der Waals surface area contributed by atoms with Crippen molar-refractivity contribution in [1.29, 1.82) is 0 Å². The molecule has 1 saturated heterocycles. The number of ether oxygens (including phenoxy) is 1. The van der Waals surface area contributed by atoms with Gasteiger partial charge in [0.1, 0.15) is 5.75 Å². The lowest BCUT2D eigenvalue weighted by molar-refractivity contribution is -0.135. The highest BCUT2D eigenvalue weighted by Crippen LogP contribution is 2.27. The summed E-state index contributed by atoms with van der Waals surface area (Å²) in [6.07, 6.45) is 0.641. The van der Waals surface area contributed by atoms with Crippen LogP contribution in [0, 0.1) is 12.8 Å². The molecule has 0 bridgehead atoms. The number of carbonyl (C=O) groups is 1. The Kier molecular flexibility index (Phi) is 4.16. The molecule has 1 aromatic carbocycles. The SMILES string of the molecule is Cc1ccc(OC(=O)C[C@@H]2CCS(=O)(=O)C2)c(Cl)c1. The molecule has 4 nitrogen and oxygen atoms in total. The molecule has 0 spiro atoms. The molecule has 1 aliphatic rings. The van der Waals surface area contributed by atoms with Gasteiger partial charge in [-0.25, -0.2) is 8.42 Å². The first-order valence-electron chi connectivity index (χ1n) is 6.03. The first kappa shape index (κ1) is 14.3. The number of halogens is 1. The van der Waals surface area contributed by atoms with Gasteiger partial charge in [-0.1, -0.05) is 17.7 Å². The lowest BCUT2D eigenvalue weighted by Gasteiger charge is -2.09. The lowest BCUT2D eigenvalue weighted by atomic mass is 10.1. The van der Waals surface area contributed by atoms with Gasteiger partial charge in [0.25, 0.3) is 0 Å². The average Bonchev–Trinajstić information content (AvgIpc) is 2.62. The topological polar surface area (TPSA) is 60.4 Å². The molecule has 1 atom stereocenters. The Hall–Kier alpha value is -1.07. The molecule has 0 unspecified atom stereocenters. The van der Waals surface area contributed by atoms with Crippen molar-refractivity contribution >= 4 is 27.4 Å². The number of rotatable bonds is 3. The third kappa shape index (κ3) is 3.94. The molecule has 0 amide bonds. The van der Waals surface area contributed by atoms with E-state index in [2.05, 4.69) is 0 Å². The molecule has 19 heavy (non-hydrogen) atoms. The highest BCUT2D eigenvalue weighted by molar-refractivity contribution is 7.91. The number of benzene rings is 1. The maximum Gasteiger partial charge on any atom is 0.311 e. The van der Waals surface area contributed by atoms with Gasteiger partial charge in [-0.3, -0.25) is 4.79 Å². The van der Waals surface area contributed by atoms with Gasteiger partial charge in [-0.05, 0) is 37.0 Å². The molecule has 0 N–H and O–H groups in total. The summed E-state index contributed by atoms with van der Waals surface area (Å²) in [6, 6.07) is 5.15. The minimum absolute atomic E-state index is 0.0731. The monoisotopic (exact) mass is 302 g/mol. The van der Waals surface area contributed by atoms with Crippen LogP contribution in [-0.2, 0) is 14.6 Å². The van der Waals surface area contributed by atoms with Crippen LogP contribution in [0.15, 0.2) is 18.2 Å². The largest absolute Gasteiger partial charge is 0.425 e. The van der Waals surface area contributed by atoms with E-state index in [1.807, 2.05) is 6.92 Å². The van der Waals surface area contributed by atoms with Gasteiger partial charge in [-0.15, -0.1) is 0 Å². The number of esters is 1. The highest BCUT2D eigenvalue weighted by Gasteiger charge is 2.30. The summed E-state index contributed by atoms with van der Waals surface area (Å²) in [4.78, 5) is 11.7. The number of sulfone groups is 1. The van der Waals surface area contributed by atoms with Crippen LogP contribution in [0.25, 0.3) is 0 Å². The minimum atomic E-state index is -2.96. The first-order valence-corrected chi connectivity index (χ1v) is 8.23. The van der Waals surface area contributed by atoms with Crippen LogP contribution >= 0.6 is 11.6 Å². The van der Waals surface area contributed by atoms with E-state index in [0.29, 0.717) is 17.2 Å². The zero-order valence-corrected chi connectivity index (χ0v) is 12.1. The standard InChI is InChI=1S/C13H15ClO4S/c1-9-2-3-12(11(14)6-9)18-13(15)7-10-4-5-19(16,17)8-10/h2-3,6,10H,4-5,7-8H2,1H3/t10-/m0/s1. The summed E-state index contributed by atoms with van der Waals surface area (Å²) >= 11 is 5.96. The van der Waals surface area contributed by atoms with Crippen molar-refractivity contribution in [2.45, 2.75) is 19.8 Å². The van der Waals surface area contributed by atoms with Crippen LogP contribution in [0.2, 0.25) is 5.02 Å². The summed E-state index contributed by atoms with van der Waals surface area (Å²) in [7, 11) is -2.96. The smallest absolute Gasteiger partial charge is 0.311 e. The molecule has 1 aliphatic heterocycles. The Labute approximate surface area is 117 Å². The molecular weight excluding hydrogens is 288 g/mol. The summed E-state index contributed by atoms with van der Waals surface area (Å²) < 4.78 is 27.8. The summed E-state index contributed by atoms with van der Waals surface area (Å²) in [5.41, 5.74) is 0.978. The van der Waals surface area contributed by atoms with Gasteiger partial charge >= 0.3 is 5.97 Å². The molecule has 0 radical (unpaired) electrons. The fourth-order valence-corrected chi connectivity index (χ4v) is 4.26. The van der Waals surface area contributed by atoms with Crippen molar-refractivity contribution in [1.82, 2.24) is 0 Å². The molecule has 0 aliphatic carbocycles. The van der Waals surface area contributed by atoms with Gasteiger partial charge in [0.15, 0.2) is 9.84 Å². The number of aryl methyl sites for hydroxylation is 1. The van der Waals surface area contributed by atoms with Crippen molar-refractivity contribution in [2.24, 2.45) is 5.92 Å². The van der Waals surface area contributed by atoms with Crippen LogP contribution in [0.3, 0.4) is 0 Å². The van der Waals surface area contributed by atoms with E-state index < -0.39 is 15.8 Å². The van der Waals surface area contributed by atoms with Crippen LogP contribution in [-0.4, -0.2) is 25.9 Å². The zero-order valence-electron chi connectivity index (χ0n) is 10.6. The maximum absolute atomic E-state index is 11.7. The zero-order chi connectivity index (χ0) is 14.0. The number of carbonyl (C=O) groups excluding carboxylic acids is 1. The lowest BCUT2D eigenvalue weighted by Crippen LogP contribution is -2.15. The van der Waals surface area contributed by atoms with E-state index in [0.717, 1.165) is 5.56 Å². The quantitative estimate of drug-likeness (QED) is 0.635. The van der Waals surface area contributed by atoms with Crippen molar-refractivity contribution in [3.05, 3.63) is 28.8 Å². The van der Waals surface area contributed by atoms with Crippen molar-refractivity contribution in [3.8, 4) is 5.75 Å². The van der Waals surface area contributed by atoms with Crippen LogP contribution in [0.5, 0.6) is 5.75 Å². The maximum atomic E-state index is 11.7. The third-order valence-electron chi connectivity index (χ3n) is 3.09. The Morgan fingerprint density at radius 1 is 1.47 bits per heavy atom. The molecule has 2 rings (SSSR count). The molecule has 1 aromatic rings. The average molecular weight is 303 g/mol. The summed E-state index contributed by atoms with van der Waals surface area (Å²) in [5, 5.41) is 0.382. The molecule has 104 valence electrons. The van der Waals surface area contributed by atoms with E-state index in [-0.39, 0.29) is 23.8 Å². The van der Waals surface area contributed by atoms with Crippen LogP contribution < -0.4 is 4.74 Å². The molecule has 1 heterocycles. The molecule has 0 aromatic heterocycles. The van der Waals surface area contributed by atoms with Crippen molar-refractivity contribution < 1.29 is 17.9 Å². The molecule has 0 saturated carbocycles. The molecule has 6 heteroatoms. The number of hydrogen-bond acceptors (Lipinski definition) is 4. The van der Waals surface area contributed by atoms with Crippen LogP contribution in [0.4, 0.5) is 0 Å². The van der Waals surface area contributed by atoms with Gasteiger partial charge in [0.2, 0.25) is 0 Å². The van der Waals surface area contributed by atoms with E-state index >= 15 is 0 Å².